The molecule has 0 saturated heterocycles. The minimum atomic E-state index is -1.13. The molecular formula is C14H9Cl2N3O2. The van der Waals surface area contributed by atoms with Crippen molar-refractivity contribution in [2.45, 2.75) is 6.92 Å². The summed E-state index contributed by atoms with van der Waals surface area (Å²) < 4.78 is 1.27. The van der Waals surface area contributed by atoms with Gasteiger partial charge in [-0.1, -0.05) is 53.0 Å². The van der Waals surface area contributed by atoms with Gasteiger partial charge in [0.15, 0.2) is 5.65 Å². The Morgan fingerprint density at radius 3 is 2.76 bits per heavy atom. The molecule has 0 amide bonds. The van der Waals surface area contributed by atoms with Crippen molar-refractivity contribution in [3.8, 4) is 11.1 Å². The SMILES string of the molecule is Cc1cccc(-c2c(Cl)nc3c(C(=O)O)cnn3c2Cl)c1. The molecule has 0 radical (unpaired) electrons. The van der Waals surface area contributed by atoms with Crippen molar-refractivity contribution in [1.82, 2.24) is 14.6 Å². The summed E-state index contributed by atoms with van der Waals surface area (Å²) in [5.41, 5.74) is 2.44. The highest BCUT2D eigenvalue weighted by Gasteiger charge is 2.20. The zero-order valence-electron chi connectivity index (χ0n) is 10.8. The average Bonchev–Trinajstić information content (AvgIpc) is 2.82. The van der Waals surface area contributed by atoms with E-state index in [1.54, 1.807) is 0 Å². The third-order valence-electron chi connectivity index (χ3n) is 3.08. The van der Waals surface area contributed by atoms with Crippen molar-refractivity contribution in [3.05, 3.63) is 51.9 Å². The number of carboxylic acid groups (broad SMARTS) is 1. The Kier molecular flexibility index (Phi) is 3.31. The van der Waals surface area contributed by atoms with E-state index in [0.29, 0.717) is 5.56 Å². The zero-order chi connectivity index (χ0) is 15.1. The van der Waals surface area contributed by atoms with Crippen molar-refractivity contribution in [2.75, 3.05) is 0 Å². The fourth-order valence-corrected chi connectivity index (χ4v) is 2.77. The van der Waals surface area contributed by atoms with Gasteiger partial charge in [-0.25, -0.2) is 14.3 Å². The van der Waals surface area contributed by atoms with Gasteiger partial charge in [-0.15, -0.1) is 0 Å². The monoisotopic (exact) mass is 321 g/mol. The molecule has 3 rings (SSSR count). The second-order valence-electron chi connectivity index (χ2n) is 4.54. The number of fused-ring (bicyclic) bond motifs is 1. The Morgan fingerprint density at radius 2 is 2.10 bits per heavy atom. The van der Waals surface area contributed by atoms with Crippen molar-refractivity contribution in [3.63, 3.8) is 0 Å². The van der Waals surface area contributed by atoms with Crippen LogP contribution in [-0.4, -0.2) is 25.7 Å². The fourth-order valence-electron chi connectivity index (χ4n) is 2.12. The summed E-state index contributed by atoms with van der Waals surface area (Å²) in [5.74, 6) is -1.13. The maximum absolute atomic E-state index is 11.1. The number of hydrogen-bond acceptors (Lipinski definition) is 3. The topological polar surface area (TPSA) is 67.5 Å². The first-order valence-electron chi connectivity index (χ1n) is 6.02. The summed E-state index contributed by atoms with van der Waals surface area (Å²) in [6, 6.07) is 7.61. The molecule has 2 heterocycles. The molecular weight excluding hydrogens is 313 g/mol. The molecule has 21 heavy (non-hydrogen) atoms. The van der Waals surface area contributed by atoms with Gasteiger partial charge in [0, 0.05) is 0 Å². The van der Waals surface area contributed by atoms with Gasteiger partial charge in [0.2, 0.25) is 0 Å². The molecule has 0 bridgehead atoms. The molecule has 0 aliphatic rings. The van der Waals surface area contributed by atoms with Gasteiger partial charge in [-0.2, -0.15) is 5.10 Å². The van der Waals surface area contributed by atoms with E-state index in [4.69, 9.17) is 28.3 Å². The van der Waals surface area contributed by atoms with Crippen molar-refractivity contribution in [2.24, 2.45) is 0 Å². The predicted molar refractivity (Wildman–Crippen MR) is 80.1 cm³/mol. The van der Waals surface area contributed by atoms with Crippen LogP contribution in [0.4, 0.5) is 0 Å². The van der Waals surface area contributed by atoms with Crippen molar-refractivity contribution < 1.29 is 9.90 Å². The number of halogens is 2. The third-order valence-corrected chi connectivity index (χ3v) is 3.71. The van der Waals surface area contributed by atoms with Gasteiger partial charge >= 0.3 is 5.97 Å². The van der Waals surface area contributed by atoms with Crippen LogP contribution in [-0.2, 0) is 0 Å². The van der Waals surface area contributed by atoms with Gasteiger partial charge < -0.3 is 5.11 Å². The maximum atomic E-state index is 11.1. The molecule has 7 heteroatoms. The van der Waals surface area contributed by atoms with E-state index in [1.807, 2.05) is 31.2 Å². The van der Waals surface area contributed by atoms with Crippen LogP contribution in [0.2, 0.25) is 10.3 Å². The van der Waals surface area contributed by atoms with Crippen LogP contribution in [0, 0.1) is 6.92 Å². The summed E-state index contributed by atoms with van der Waals surface area (Å²) in [5, 5.41) is 13.4. The molecule has 0 fully saturated rings. The molecule has 5 nitrogen and oxygen atoms in total. The number of aromatic nitrogens is 3. The number of carboxylic acids is 1. The van der Waals surface area contributed by atoms with E-state index >= 15 is 0 Å². The van der Waals surface area contributed by atoms with E-state index in [2.05, 4.69) is 10.1 Å². The van der Waals surface area contributed by atoms with E-state index in [0.717, 1.165) is 11.1 Å². The normalized spacial score (nSPS) is 11.0. The van der Waals surface area contributed by atoms with Crippen molar-refractivity contribution >= 4 is 34.8 Å². The highest BCUT2D eigenvalue weighted by Crippen LogP contribution is 2.34. The number of rotatable bonds is 2. The summed E-state index contributed by atoms with van der Waals surface area (Å²) >= 11 is 12.5. The number of benzene rings is 1. The first-order chi connectivity index (χ1) is 9.99. The lowest BCUT2D eigenvalue weighted by molar-refractivity contribution is 0.0699. The van der Waals surface area contributed by atoms with Gasteiger partial charge in [0.25, 0.3) is 0 Å². The van der Waals surface area contributed by atoms with E-state index in [1.165, 1.54) is 10.7 Å². The predicted octanol–water partition coefficient (Wildman–Crippen LogP) is 3.71. The molecule has 3 aromatic rings. The first kappa shape index (κ1) is 13.9. The first-order valence-corrected chi connectivity index (χ1v) is 6.77. The molecule has 0 aliphatic carbocycles. The number of hydrogen-bond donors (Lipinski definition) is 1. The lowest BCUT2D eigenvalue weighted by atomic mass is 10.1. The minimum Gasteiger partial charge on any atom is -0.477 e. The van der Waals surface area contributed by atoms with Crippen LogP contribution in [0.15, 0.2) is 30.5 Å². The lowest BCUT2D eigenvalue weighted by Gasteiger charge is -2.09. The fraction of sp³-hybridized carbons (Fsp3) is 0.0714. The zero-order valence-corrected chi connectivity index (χ0v) is 12.4. The van der Waals surface area contributed by atoms with E-state index in [-0.39, 0.29) is 21.5 Å². The lowest BCUT2D eigenvalue weighted by Crippen LogP contribution is -2.01. The Bertz CT molecular complexity index is 874. The summed E-state index contributed by atoms with van der Waals surface area (Å²) in [7, 11) is 0. The molecule has 106 valence electrons. The Morgan fingerprint density at radius 1 is 1.33 bits per heavy atom. The van der Waals surface area contributed by atoms with Gasteiger partial charge in [0.05, 0.1) is 11.8 Å². The average molecular weight is 322 g/mol. The number of aromatic carboxylic acids is 1. The summed E-state index contributed by atoms with van der Waals surface area (Å²) in [4.78, 5) is 15.2. The molecule has 1 N–H and O–H groups in total. The van der Waals surface area contributed by atoms with Crippen LogP contribution >= 0.6 is 23.2 Å². The minimum absolute atomic E-state index is 0.0467. The van der Waals surface area contributed by atoms with Gasteiger partial charge in [-0.3, -0.25) is 0 Å². The van der Waals surface area contributed by atoms with Crippen LogP contribution in [0.25, 0.3) is 16.8 Å². The molecule has 0 saturated carbocycles. The molecule has 0 unspecified atom stereocenters. The molecule has 0 atom stereocenters. The van der Waals surface area contributed by atoms with Gasteiger partial charge in [-0.05, 0) is 12.5 Å². The smallest absolute Gasteiger partial charge is 0.341 e. The number of carbonyl (C=O) groups is 1. The number of aryl methyl sites for hydroxylation is 1. The second kappa shape index (κ2) is 5.02. The maximum Gasteiger partial charge on any atom is 0.341 e. The molecule has 0 aliphatic heterocycles. The highest BCUT2D eigenvalue weighted by atomic mass is 35.5. The number of nitrogens with zero attached hydrogens (tertiary/aromatic N) is 3. The van der Waals surface area contributed by atoms with E-state index < -0.39 is 5.97 Å². The van der Waals surface area contributed by atoms with Crippen LogP contribution in [0.3, 0.4) is 0 Å². The second-order valence-corrected chi connectivity index (χ2v) is 5.25. The Labute approximate surface area is 129 Å². The van der Waals surface area contributed by atoms with Gasteiger partial charge in [0.1, 0.15) is 15.9 Å². The summed E-state index contributed by atoms with van der Waals surface area (Å²) in [6.07, 6.45) is 1.20. The highest BCUT2D eigenvalue weighted by molar-refractivity contribution is 6.38. The van der Waals surface area contributed by atoms with E-state index in [9.17, 15) is 4.79 Å². The largest absolute Gasteiger partial charge is 0.477 e. The molecule has 0 spiro atoms. The van der Waals surface area contributed by atoms with Crippen molar-refractivity contribution in [1.29, 1.82) is 0 Å². The summed E-state index contributed by atoms with van der Waals surface area (Å²) in [6.45, 7) is 1.95. The molecule has 2 aromatic heterocycles. The quantitative estimate of drug-likeness (QED) is 0.730. The van der Waals surface area contributed by atoms with Crippen LogP contribution in [0.1, 0.15) is 15.9 Å². The standard InChI is InChI=1S/C14H9Cl2N3O2/c1-7-3-2-4-8(5-7)10-11(15)18-13-9(14(20)21)6-17-19(13)12(10)16/h2-6H,1H3,(H,20,21). The van der Waals surface area contributed by atoms with Crippen LogP contribution < -0.4 is 0 Å². The third kappa shape index (κ3) is 2.24. The van der Waals surface area contributed by atoms with Crippen LogP contribution in [0.5, 0.6) is 0 Å². The Balaban J connectivity index is 2.33. The Hall–Kier alpha value is -2.11. The molecule has 1 aromatic carbocycles.